The van der Waals surface area contributed by atoms with Crippen LogP contribution in [0.1, 0.15) is 12.3 Å². The van der Waals surface area contributed by atoms with Crippen molar-refractivity contribution in [2.45, 2.75) is 18.5 Å². The topological polar surface area (TPSA) is 70.4 Å². The first-order valence-electron chi connectivity index (χ1n) is 8.08. The Hall–Kier alpha value is -1.89. The minimum atomic E-state index is -0.120. The SMILES string of the molecule is O=C1CC2(CNC2)N(Cc2ncc(-c3cccc(Cl)c3)o2)CCN1. The van der Waals surface area contributed by atoms with E-state index in [2.05, 4.69) is 20.5 Å². The highest BCUT2D eigenvalue weighted by atomic mass is 35.5. The summed E-state index contributed by atoms with van der Waals surface area (Å²) in [6.45, 7) is 3.69. The lowest BCUT2D eigenvalue weighted by Crippen LogP contribution is -2.69. The molecule has 2 aliphatic heterocycles. The third kappa shape index (κ3) is 2.92. The molecule has 1 spiro atoms. The summed E-state index contributed by atoms with van der Waals surface area (Å²) in [7, 11) is 0. The van der Waals surface area contributed by atoms with Crippen molar-refractivity contribution in [1.82, 2.24) is 20.5 Å². The Morgan fingerprint density at radius 2 is 2.25 bits per heavy atom. The fourth-order valence-electron chi connectivity index (χ4n) is 3.37. The van der Waals surface area contributed by atoms with Gasteiger partial charge in [-0.25, -0.2) is 4.98 Å². The van der Waals surface area contributed by atoms with Crippen molar-refractivity contribution in [2.24, 2.45) is 0 Å². The van der Waals surface area contributed by atoms with Crippen LogP contribution in [0.25, 0.3) is 11.3 Å². The number of nitrogens with one attached hydrogen (secondary N) is 2. The molecule has 1 amide bonds. The third-order valence-electron chi connectivity index (χ3n) is 4.76. The van der Waals surface area contributed by atoms with Gasteiger partial charge in [-0.05, 0) is 12.1 Å². The molecular formula is C17H19ClN4O2. The maximum atomic E-state index is 11.9. The number of aromatic nitrogens is 1. The van der Waals surface area contributed by atoms with Crippen molar-refractivity contribution < 1.29 is 9.21 Å². The van der Waals surface area contributed by atoms with Crippen LogP contribution in [0, 0.1) is 0 Å². The minimum absolute atomic E-state index is 0.117. The number of amides is 1. The molecule has 0 bridgehead atoms. The van der Waals surface area contributed by atoms with Gasteiger partial charge in [0.2, 0.25) is 11.8 Å². The highest BCUT2D eigenvalue weighted by molar-refractivity contribution is 6.30. The number of benzene rings is 1. The fraction of sp³-hybridized carbons (Fsp3) is 0.412. The Balaban J connectivity index is 1.54. The third-order valence-corrected chi connectivity index (χ3v) is 5.00. The van der Waals surface area contributed by atoms with E-state index in [0.29, 0.717) is 36.2 Å². The molecule has 2 saturated heterocycles. The first-order chi connectivity index (χ1) is 11.6. The highest BCUT2D eigenvalue weighted by Gasteiger charge is 2.45. The Morgan fingerprint density at radius 1 is 1.38 bits per heavy atom. The predicted octanol–water partition coefficient (Wildman–Crippen LogP) is 1.66. The van der Waals surface area contributed by atoms with Gasteiger partial charge in [0.25, 0.3) is 0 Å². The molecule has 2 aliphatic rings. The van der Waals surface area contributed by atoms with E-state index < -0.39 is 0 Å². The van der Waals surface area contributed by atoms with Crippen LogP contribution in [-0.4, -0.2) is 47.5 Å². The number of halogens is 1. The molecule has 0 unspecified atom stereocenters. The van der Waals surface area contributed by atoms with Gasteiger partial charge >= 0.3 is 0 Å². The van der Waals surface area contributed by atoms with Crippen LogP contribution in [0.3, 0.4) is 0 Å². The summed E-state index contributed by atoms with van der Waals surface area (Å²) in [5.74, 6) is 1.48. The Morgan fingerprint density at radius 3 is 3.00 bits per heavy atom. The van der Waals surface area contributed by atoms with Gasteiger partial charge in [-0.2, -0.15) is 0 Å². The molecule has 2 N–H and O–H groups in total. The number of carbonyl (C=O) groups excluding carboxylic acids is 1. The van der Waals surface area contributed by atoms with E-state index in [-0.39, 0.29) is 11.4 Å². The quantitative estimate of drug-likeness (QED) is 0.884. The molecule has 2 fully saturated rings. The summed E-state index contributed by atoms with van der Waals surface area (Å²) in [6, 6.07) is 7.53. The second kappa shape index (κ2) is 6.20. The monoisotopic (exact) mass is 346 g/mol. The standard InChI is InChI=1S/C17H19ClN4O2/c18-13-3-1-2-12(6-13)14-8-21-16(24-14)9-22-5-4-20-15(23)7-17(22)10-19-11-17/h1-3,6,8,19H,4-5,7,9-11H2,(H,20,23). The first-order valence-corrected chi connectivity index (χ1v) is 8.46. The summed E-state index contributed by atoms with van der Waals surface area (Å²) in [5, 5.41) is 6.90. The average Bonchev–Trinajstić information content (AvgIpc) is 2.91. The van der Waals surface area contributed by atoms with Gasteiger partial charge in [-0.15, -0.1) is 0 Å². The van der Waals surface area contributed by atoms with Crippen molar-refractivity contribution in [3.05, 3.63) is 41.4 Å². The number of hydrogen-bond acceptors (Lipinski definition) is 5. The van der Waals surface area contributed by atoms with Crippen LogP contribution < -0.4 is 10.6 Å². The van der Waals surface area contributed by atoms with Crippen LogP contribution in [0.2, 0.25) is 5.02 Å². The van der Waals surface area contributed by atoms with E-state index in [4.69, 9.17) is 16.0 Å². The van der Waals surface area contributed by atoms with Crippen molar-refractivity contribution in [3.63, 3.8) is 0 Å². The summed E-state index contributed by atoms with van der Waals surface area (Å²) in [5.41, 5.74) is 0.791. The Labute approximate surface area is 145 Å². The first kappa shape index (κ1) is 15.6. The maximum absolute atomic E-state index is 11.9. The molecule has 3 heterocycles. The second-order valence-electron chi connectivity index (χ2n) is 6.40. The number of oxazole rings is 1. The van der Waals surface area contributed by atoms with Crippen molar-refractivity contribution in [3.8, 4) is 11.3 Å². The summed E-state index contributed by atoms with van der Waals surface area (Å²) >= 11 is 6.04. The maximum Gasteiger partial charge on any atom is 0.222 e. The smallest absolute Gasteiger partial charge is 0.222 e. The zero-order valence-electron chi connectivity index (χ0n) is 13.2. The summed E-state index contributed by atoms with van der Waals surface area (Å²) in [6.07, 6.45) is 2.25. The lowest BCUT2D eigenvalue weighted by molar-refractivity contribution is -0.123. The van der Waals surface area contributed by atoms with Crippen molar-refractivity contribution >= 4 is 17.5 Å². The molecule has 1 aromatic heterocycles. The minimum Gasteiger partial charge on any atom is -0.439 e. The molecule has 0 aliphatic carbocycles. The van der Waals surface area contributed by atoms with Gasteiger partial charge in [0, 0.05) is 43.2 Å². The molecule has 0 saturated carbocycles. The Bertz CT molecular complexity index is 757. The van der Waals surface area contributed by atoms with Crippen molar-refractivity contribution in [1.29, 1.82) is 0 Å². The highest BCUT2D eigenvalue weighted by Crippen LogP contribution is 2.29. The molecule has 24 heavy (non-hydrogen) atoms. The molecule has 6 nitrogen and oxygen atoms in total. The van der Waals surface area contributed by atoms with E-state index >= 15 is 0 Å². The lowest BCUT2D eigenvalue weighted by Gasteiger charge is -2.48. The van der Waals surface area contributed by atoms with Gasteiger partial charge in [0.15, 0.2) is 5.76 Å². The molecule has 2 aromatic rings. The summed E-state index contributed by atoms with van der Waals surface area (Å²) < 4.78 is 5.92. The van der Waals surface area contributed by atoms with Gasteiger partial charge in [-0.3, -0.25) is 9.69 Å². The van der Waals surface area contributed by atoms with Crippen molar-refractivity contribution in [2.75, 3.05) is 26.2 Å². The second-order valence-corrected chi connectivity index (χ2v) is 6.84. The number of nitrogens with zero attached hydrogens (tertiary/aromatic N) is 2. The van der Waals surface area contributed by atoms with Crippen LogP contribution in [-0.2, 0) is 11.3 Å². The number of hydrogen-bond donors (Lipinski definition) is 2. The fourth-order valence-corrected chi connectivity index (χ4v) is 3.56. The van der Waals surface area contributed by atoms with E-state index in [1.807, 2.05) is 24.3 Å². The lowest BCUT2D eigenvalue weighted by atomic mass is 9.86. The van der Waals surface area contributed by atoms with Crippen LogP contribution in [0.5, 0.6) is 0 Å². The van der Waals surface area contributed by atoms with Gasteiger partial charge in [-0.1, -0.05) is 23.7 Å². The van der Waals surface area contributed by atoms with Gasteiger partial charge in [0.05, 0.1) is 18.3 Å². The van der Waals surface area contributed by atoms with Gasteiger partial charge < -0.3 is 15.1 Å². The molecule has 0 radical (unpaired) electrons. The molecule has 4 rings (SSSR count). The molecule has 0 atom stereocenters. The van der Waals surface area contributed by atoms with E-state index in [0.717, 1.165) is 25.2 Å². The predicted molar refractivity (Wildman–Crippen MR) is 90.6 cm³/mol. The van der Waals surface area contributed by atoms with Crippen LogP contribution in [0.15, 0.2) is 34.9 Å². The van der Waals surface area contributed by atoms with E-state index in [1.165, 1.54) is 0 Å². The largest absolute Gasteiger partial charge is 0.439 e. The van der Waals surface area contributed by atoms with E-state index in [1.54, 1.807) is 6.20 Å². The average molecular weight is 347 g/mol. The molecular weight excluding hydrogens is 328 g/mol. The number of carbonyl (C=O) groups is 1. The molecule has 1 aromatic carbocycles. The van der Waals surface area contributed by atoms with Crippen LogP contribution >= 0.6 is 11.6 Å². The number of rotatable bonds is 3. The zero-order valence-corrected chi connectivity index (χ0v) is 14.0. The van der Waals surface area contributed by atoms with Gasteiger partial charge in [0.1, 0.15) is 0 Å². The summed E-state index contributed by atoms with van der Waals surface area (Å²) in [4.78, 5) is 18.6. The van der Waals surface area contributed by atoms with E-state index in [9.17, 15) is 4.79 Å². The molecule has 126 valence electrons. The normalized spacial score (nSPS) is 20.5. The zero-order chi connectivity index (χ0) is 16.6. The van der Waals surface area contributed by atoms with Crippen LogP contribution in [0.4, 0.5) is 0 Å². The Kier molecular flexibility index (Phi) is 4.04. The molecule has 7 heteroatoms.